The Morgan fingerprint density at radius 1 is 1.23 bits per heavy atom. The van der Waals surface area contributed by atoms with Gasteiger partial charge in [-0.3, -0.25) is 4.79 Å². The van der Waals surface area contributed by atoms with Gasteiger partial charge < -0.3 is 4.90 Å². The highest BCUT2D eigenvalue weighted by Gasteiger charge is 2.42. The molecule has 0 fully saturated rings. The lowest BCUT2D eigenvalue weighted by atomic mass is 9.71. The van der Waals surface area contributed by atoms with Crippen LogP contribution in [-0.4, -0.2) is 29.9 Å². The Hall–Kier alpha value is -2.17. The minimum absolute atomic E-state index is 0.00793. The third-order valence-corrected chi connectivity index (χ3v) is 6.33. The van der Waals surface area contributed by atoms with Gasteiger partial charge in [0.1, 0.15) is 10.9 Å². The minimum atomic E-state index is -0.594. The number of hydrogen-bond donors (Lipinski definition) is 0. The summed E-state index contributed by atoms with van der Waals surface area (Å²) in [4.78, 5) is 19.6. The van der Waals surface area contributed by atoms with Gasteiger partial charge in [0.05, 0.1) is 15.2 Å². The van der Waals surface area contributed by atoms with E-state index in [-0.39, 0.29) is 5.91 Å². The van der Waals surface area contributed by atoms with Crippen molar-refractivity contribution < 1.29 is 4.79 Å². The van der Waals surface area contributed by atoms with Crippen LogP contribution >= 0.6 is 22.9 Å². The highest BCUT2D eigenvalue weighted by atomic mass is 35.5. The third kappa shape index (κ3) is 3.15. The molecule has 0 saturated carbocycles. The van der Waals surface area contributed by atoms with E-state index in [1.807, 2.05) is 61.5 Å². The quantitative estimate of drug-likeness (QED) is 0.562. The van der Waals surface area contributed by atoms with Crippen molar-refractivity contribution in [1.29, 1.82) is 0 Å². The molecule has 2 aromatic carbocycles. The monoisotopic (exact) mass is 384 g/mol. The first-order valence-corrected chi connectivity index (χ1v) is 9.53. The summed E-state index contributed by atoms with van der Waals surface area (Å²) >= 11 is 7.81. The molecule has 0 saturated heterocycles. The number of fused-ring (bicyclic) bond motifs is 1. The van der Waals surface area contributed by atoms with Gasteiger partial charge in [-0.15, -0.1) is 17.9 Å². The molecule has 0 unspecified atom stereocenters. The van der Waals surface area contributed by atoms with E-state index >= 15 is 0 Å². The van der Waals surface area contributed by atoms with Crippen LogP contribution in [0.3, 0.4) is 0 Å². The topological polar surface area (TPSA) is 33.2 Å². The van der Waals surface area contributed by atoms with Crippen molar-refractivity contribution in [2.45, 2.75) is 18.3 Å². The van der Waals surface area contributed by atoms with Crippen LogP contribution in [0.15, 0.2) is 61.2 Å². The van der Waals surface area contributed by atoms with Crippen LogP contribution in [0, 0.1) is 0 Å². The van der Waals surface area contributed by atoms with E-state index in [1.165, 1.54) is 11.3 Å². The molecule has 0 aliphatic rings. The number of benzene rings is 2. The zero-order valence-electron chi connectivity index (χ0n) is 15.1. The lowest BCUT2D eigenvalue weighted by Crippen LogP contribution is -2.40. The van der Waals surface area contributed by atoms with Crippen molar-refractivity contribution >= 4 is 39.1 Å². The first kappa shape index (κ1) is 18.6. The molecule has 5 heteroatoms. The van der Waals surface area contributed by atoms with Crippen LogP contribution in [0.25, 0.3) is 10.2 Å². The molecule has 134 valence electrons. The van der Waals surface area contributed by atoms with E-state index in [9.17, 15) is 4.79 Å². The molecule has 0 N–H and O–H groups in total. The Morgan fingerprint density at radius 3 is 2.50 bits per heavy atom. The molecule has 0 bridgehead atoms. The molecule has 0 spiro atoms. The first-order chi connectivity index (χ1) is 12.4. The fraction of sp³-hybridized carbons (Fsp3) is 0.238. The highest BCUT2D eigenvalue weighted by molar-refractivity contribution is 7.19. The number of likely N-dealkylation sites (N-methyl/N-ethyl adjacent to an activating group) is 1. The van der Waals surface area contributed by atoms with Crippen LogP contribution in [0.2, 0.25) is 5.02 Å². The average molecular weight is 385 g/mol. The highest BCUT2D eigenvalue weighted by Crippen LogP contribution is 2.44. The summed E-state index contributed by atoms with van der Waals surface area (Å²) in [7, 11) is 3.54. The zero-order valence-corrected chi connectivity index (χ0v) is 16.6. The molecule has 2 atom stereocenters. The summed E-state index contributed by atoms with van der Waals surface area (Å²) < 4.78 is 0.903. The molecule has 0 aliphatic heterocycles. The van der Waals surface area contributed by atoms with Gasteiger partial charge in [0.15, 0.2) is 0 Å². The van der Waals surface area contributed by atoms with Gasteiger partial charge in [-0.25, -0.2) is 4.98 Å². The SMILES string of the molecule is C=C[C@@](C)(c1ccccc1)[C@@H](C(=O)N(C)C)c1nc2cccc(Cl)c2s1. The second-order valence-electron chi connectivity index (χ2n) is 6.66. The van der Waals surface area contributed by atoms with Crippen LogP contribution in [-0.2, 0) is 10.2 Å². The number of nitrogens with zero attached hydrogens (tertiary/aromatic N) is 2. The van der Waals surface area contributed by atoms with E-state index < -0.39 is 11.3 Å². The zero-order chi connectivity index (χ0) is 18.9. The van der Waals surface area contributed by atoms with Gasteiger partial charge in [0.25, 0.3) is 0 Å². The Kier molecular flexibility index (Phi) is 5.17. The number of allylic oxidation sites excluding steroid dienone is 1. The summed E-state index contributed by atoms with van der Waals surface area (Å²) in [6, 6.07) is 15.6. The number of halogens is 1. The fourth-order valence-electron chi connectivity index (χ4n) is 3.13. The molecule has 3 nitrogen and oxygen atoms in total. The number of hydrogen-bond acceptors (Lipinski definition) is 3. The normalized spacial score (nSPS) is 14.6. The molecule has 0 radical (unpaired) electrons. The predicted molar refractivity (Wildman–Crippen MR) is 110 cm³/mol. The molecule has 1 heterocycles. The van der Waals surface area contributed by atoms with Crippen molar-refractivity contribution in [3.05, 3.63) is 76.8 Å². The third-order valence-electron chi connectivity index (χ3n) is 4.74. The molecule has 3 aromatic rings. The summed E-state index contributed by atoms with van der Waals surface area (Å²) in [6.45, 7) is 6.09. The Labute approximate surface area is 162 Å². The molecule has 26 heavy (non-hydrogen) atoms. The van der Waals surface area contributed by atoms with E-state index in [0.29, 0.717) is 5.02 Å². The van der Waals surface area contributed by atoms with Crippen LogP contribution in [0.1, 0.15) is 23.4 Å². The Bertz CT molecular complexity index is 951. The van der Waals surface area contributed by atoms with Gasteiger partial charge in [-0.2, -0.15) is 0 Å². The molecular weight excluding hydrogens is 364 g/mol. The summed E-state index contributed by atoms with van der Waals surface area (Å²) in [6.07, 6.45) is 1.85. The largest absolute Gasteiger partial charge is 0.348 e. The smallest absolute Gasteiger partial charge is 0.233 e. The summed E-state index contributed by atoms with van der Waals surface area (Å²) in [5.41, 5.74) is 1.25. The van der Waals surface area contributed by atoms with E-state index in [0.717, 1.165) is 20.8 Å². The molecule has 0 aliphatic carbocycles. The number of thiazole rings is 1. The van der Waals surface area contributed by atoms with Crippen LogP contribution < -0.4 is 0 Å². The predicted octanol–water partition coefficient (Wildman–Crippen LogP) is 5.27. The number of carbonyl (C=O) groups excluding carboxylic acids is 1. The molecule has 1 amide bonds. The van der Waals surface area contributed by atoms with Crippen molar-refractivity contribution in [1.82, 2.24) is 9.88 Å². The Morgan fingerprint density at radius 2 is 1.92 bits per heavy atom. The van der Waals surface area contributed by atoms with Crippen molar-refractivity contribution in [2.24, 2.45) is 0 Å². The van der Waals surface area contributed by atoms with Crippen LogP contribution in [0.4, 0.5) is 0 Å². The molecule has 3 rings (SSSR count). The second-order valence-corrected chi connectivity index (χ2v) is 8.10. The van der Waals surface area contributed by atoms with Gasteiger partial charge in [-0.05, 0) is 17.7 Å². The van der Waals surface area contributed by atoms with Crippen molar-refractivity contribution in [3.63, 3.8) is 0 Å². The minimum Gasteiger partial charge on any atom is -0.348 e. The molecular formula is C21H21ClN2OS. The molecule has 1 aromatic heterocycles. The van der Waals surface area contributed by atoms with Crippen LogP contribution in [0.5, 0.6) is 0 Å². The number of aromatic nitrogens is 1. The van der Waals surface area contributed by atoms with Crippen molar-refractivity contribution in [2.75, 3.05) is 14.1 Å². The van der Waals surface area contributed by atoms with E-state index in [4.69, 9.17) is 16.6 Å². The summed E-state index contributed by atoms with van der Waals surface area (Å²) in [5, 5.41) is 1.40. The maximum Gasteiger partial charge on any atom is 0.233 e. The van der Waals surface area contributed by atoms with Crippen molar-refractivity contribution in [3.8, 4) is 0 Å². The van der Waals surface area contributed by atoms with Gasteiger partial charge in [0, 0.05) is 19.5 Å². The maximum absolute atomic E-state index is 13.2. The van der Waals surface area contributed by atoms with Gasteiger partial charge >= 0.3 is 0 Å². The summed E-state index contributed by atoms with van der Waals surface area (Å²) in [5.74, 6) is -0.489. The van der Waals surface area contributed by atoms with E-state index in [2.05, 4.69) is 6.58 Å². The van der Waals surface area contributed by atoms with Gasteiger partial charge in [-0.1, -0.05) is 61.0 Å². The first-order valence-electron chi connectivity index (χ1n) is 8.33. The number of amides is 1. The average Bonchev–Trinajstić information content (AvgIpc) is 3.07. The van der Waals surface area contributed by atoms with E-state index in [1.54, 1.807) is 19.0 Å². The maximum atomic E-state index is 13.2. The lowest BCUT2D eigenvalue weighted by molar-refractivity contribution is -0.131. The van der Waals surface area contributed by atoms with Gasteiger partial charge in [0.2, 0.25) is 5.91 Å². The second kappa shape index (κ2) is 7.22. The number of carbonyl (C=O) groups is 1. The standard InChI is InChI=1S/C21H21ClN2OS/c1-5-21(2,14-10-7-6-8-11-14)17(20(25)24(3)4)19-23-16-13-9-12-15(22)18(16)26-19/h5-13,17H,1H2,2-4H3/t17-,21+/m1/s1. The lowest BCUT2D eigenvalue weighted by Gasteiger charge is -2.35. The fourth-order valence-corrected chi connectivity index (χ4v) is 4.62. The Balaban J connectivity index is 2.23. The number of rotatable bonds is 5.